The number of aromatic nitrogens is 2. The van der Waals surface area contributed by atoms with Crippen molar-refractivity contribution in [2.75, 3.05) is 26.2 Å². The van der Waals surface area contributed by atoms with Crippen LogP contribution in [0.5, 0.6) is 0 Å². The molecule has 2 aliphatic rings. The van der Waals surface area contributed by atoms with E-state index in [1.807, 2.05) is 12.2 Å². The molecule has 0 aromatic carbocycles. The second kappa shape index (κ2) is 6.03. The summed E-state index contributed by atoms with van der Waals surface area (Å²) in [5, 5.41) is 4.09. The van der Waals surface area contributed by atoms with E-state index < -0.39 is 0 Å². The molecule has 3 unspecified atom stereocenters. The second-order valence-electron chi connectivity index (χ2n) is 5.54. The van der Waals surface area contributed by atoms with Crippen LogP contribution in [0.4, 0.5) is 0 Å². The molecule has 1 fully saturated rings. The van der Waals surface area contributed by atoms with Gasteiger partial charge in [0.25, 0.3) is 0 Å². The zero-order chi connectivity index (χ0) is 13.9. The lowest BCUT2D eigenvalue weighted by atomic mass is 10.1. The van der Waals surface area contributed by atoms with Crippen LogP contribution in [0.1, 0.15) is 43.5 Å². The zero-order valence-corrected chi connectivity index (χ0v) is 11.9. The van der Waals surface area contributed by atoms with Crippen molar-refractivity contribution in [1.29, 1.82) is 0 Å². The summed E-state index contributed by atoms with van der Waals surface area (Å²) in [4.78, 5) is 6.89. The van der Waals surface area contributed by atoms with Crippen molar-refractivity contribution in [3.8, 4) is 0 Å². The van der Waals surface area contributed by atoms with Crippen molar-refractivity contribution in [2.24, 2.45) is 5.73 Å². The molecule has 6 nitrogen and oxygen atoms in total. The second-order valence-corrected chi connectivity index (χ2v) is 5.54. The average Bonchev–Trinajstić information content (AvgIpc) is 3.08. The van der Waals surface area contributed by atoms with Crippen LogP contribution in [-0.4, -0.2) is 47.3 Å². The van der Waals surface area contributed by atoms with Gasteiger partial charge in [0.05, 0.1) is 12.5 Å². The minimum atomic E-state index is -0.0770. The molecule has 1 aliphatic carbocycles. The topological polar surface area (TPSA) is 77.4 Å². The molecule has 2 heterocycles. The van der Waals surface area contributed by atoms with Crippen molar-refractivity contribution >= 4 is 0 Å². The molecular formula is C14H22N4O2. The first-order valence-corrected chi connectivity index (χ1v) is 7.37. The molecule has 1 saturated heterocycles. The minimum absolute atomic E-state index is 0.0770. The zero-order valence-electron chi connectivity index (χ0n) is 11.9. The van der Waals surface area contributed by atoms with Crippen LogP contribution < -0.4 is 5.73 Å². The van der Waals surface area contributed by atoms with Gasteiger partial charge < -0.3 is 15.0 Å². The summed E-state index contributed by atoms with van der Waals surface area (Å²) in [6, 6.07) is 0.0985. The first-order valence-electron chi connectivity index (χ1n) is 7.37. The molecule has 2 N–H and O–H groups in total. The van der Waals surface area contributed by atoms with Gasteiger partial charge in [-0.05, 0) is 19.4 Å². The first kappa shape index (κ1) is 13.7. The summed E-state index contributed by atoms with van der Waals surface area (Å²) < 4.78 is 11.1. The molecule has 0 radical (unpaired) electrons. The van der Waals surface area contributed by atoms with Gasteiger partial charge in [-0.3, -0.25) is 4.90 Å². The van der Waals surface area contributed by atoms with E-state index in [2.05, 4.69) is 22.0 Å². The maximum Gasteiger partial charge on any atom is 0.233 e. The highest BCUT2D eigenvalue weighted by Crippen LogP contribution is 2.28. The van der Waals surface area contributed by atoms with Crippen molar-refractivity contribution in [3.05, 3.63) is 23.9 Å². The fourth-order valence-corrected chi connectivity index (χ4v) is 2.82. The molecule has 1 aromatic heterocycles. The SMILES string of the molecule is CCCN1CCOC(c2noc(C3C=CC(N)C3)n2)C1. The fourth-order valence-electron chi connectivity index (χ4n) is 2.82. The number of ether oxygens (including phenoxy) is 1. The quantitative estimate of drug-likeness (QED) is 0.835. The third kappa shape index (κ3) is 2.92. The van der Waals surface area contributed by atoms with E-state index in [0.717, 1.165) is 39.1 Å². The predicted molar refractivity (Wildman–Crippen MR) is 74.2 cm³/mol. The highest BCUT2D eigenvalue weighted by Gasteiger charge is 2.28. The van der Waals surface area contributed by atoms with Crippen LogP contribution in [0.15, 0.2) is 16.7 Å². The summed E-state index contributed by atoms with van der Waals surface area (Å²) in [5.41, 5.74) is 5.86. The molecule has 6 heteroatoms. The Morgan fingerprint density at radius 2 is 2.35 bits per heavy atom. The number of allylic oxidation sites excluding steroid dienone is 1. The molecular weight excluding hydrogens is 256 g/mol. The van der Waals surface area contributed by atoms with Crippen molar-refractivity contribution in [1.82, 2.24) is 15.0 Å². The average molecular weight is 278 g/mol. The Morgan fingerprint density at radius 3 is 3.10 bits per heavy atom. The van der Waals surface area contributed by atoms with Crippen molar-refractivity contribution in [2.45, 2.75) is 37.8 Å². The van der Waals surface area contributed by atoms with E-state index in [-0.39, 0.29) is 18.1 Å². The van der Waals surface area contributed by atoms with E-state index in [9.17, 15) is 0 Å². The van der Waals surface area contributed by atoms with Crippen molar-refractivity contribution < 1.29 is 9.26 Å². The van der Waals surface area contributed by atoms with Gasteiger partial charge in [-0.2, -0.15) is 4.98 Å². The predicted octanol–water partition coefficient (Wildman–Crippen LogP) is 1.22. The third-order valence-electron chi connectivity index (χ3n) is 3.87. The molecule has 0 saturated carbocycles. The number of rotatable bonds is 4. The van der Waals surface area contributed by atoms with E-state index in [4.69, 9.17) is 15.0 Å². The Morgan fingerprint density at radius 1 is 1.45 bits per heavy atom. The van der Waals surface area contributed by atoms with Gasteiger partial charge >= 0.3 is 0 Å². The van der Waals surface area contributed by atoms with Gasteiger partial charge in [0.2, 0.25) is 11.7 Å². The Hall–Kier alpha value is -1.24. The lowest BCUT2D eigenvalue weighted by Gasteiger charge is -2.30. The smallest absolute Gasteiger partial charge is 0.233 e. The number of nitrogens with zero attached hydrogens (tertiary/aromatic N) is 3. The van der Waals surface area contributed by atoms with Crippen LogP contribution in [-0.2, 0) is 4.74 Å². The highest BCUT2D eigenvalue weighted by atomic mass is 16.5. The van der Waals surface area contributed by atoms with Gasteiger partial charge in [0.1, 0.15) is 6.10 Å². The van der Waals surface area contributed by atoms with E-state index in [1.54, 1.807) is 0 Å². The van der Waals surface area contributed by atoms with Gasteiger partial charge in [-0.1, -0.05) is 24.2 Å². The Balaban J connectivity index is 1.65. The summed E-state index contributed by atoms with van der Waals surface area (Å²) in [7, 11) is 0. The minimum Gasteiger partial charge on any atom is -0.367 e. The Bertz CT molecular complexity index is 471. The Kier molecular flexibility index (Phi) is 4.14. The molecule has 1 aromatic rings. The Labute approximate surface area is 119 Å². The lowest BCUT2D eigenvalue weighted by Crippen LogP contribution is -2.39. The fraction of sp³-hybridized carbons (Fsp3) is 0.714. The molecule has 0 spiro atoms. The molecule has 110 valence electrons. The van der Waals surface area contributed by atoms with Gasteiger partial charge in [0, 0.05) is 19.1 Å². The van der Waals surface area contributed by atoms with Gasteiger partial charge in [-0.25, -0.2) is 0 Å². The van der Waals surface area contributed by atoms with Gasteiger partial charge in [0.15, 0.2) is 0 Å². The number of morpholine rings is 1. The summed E-state index contributed by atoms with van der Waals surface area (Å²) in [6.07, 6.45) is 5.96. The number of nitrogens with two attached hydrogens (primary N) is 1. The number of hydrogen-bond donors (Lipinski definition) is 1. The highest BCUT2D eigenvalue weighted by molar-refractivity contribution is 5.15. The molecule has 3 atom stereocenters. The summed E-state index contributed by atoms with van der Waals surface area (Å²) in [6.45, 7) is 5.82. The van der Waals surface area contributed by atoms with E-state index in [0.29, 0.717) is 11.7 Å². The van der Waals surface area contributed by atoms with Crippen LogP contribution in [0.3, 0.4) is 0 Å². The number of hydrogen-bond acceptors (Lipinski definition) is 6. The molecule has 20 heavy (non-hydrogen) atoms. The van der Waals surface area contributed by atoms with E-state index in [1.165, 1.54) is 0 Å². The maximum absolute atomic E-state index is 5.86. The standard InChI is InChI=1S/C14H22N4O2/c1-2-5-18-6-7-19-12(9-18)13-16-14(20-17-13)10-3-4-11(15)8-10/h3-4,10-12H,2,5-9,15H2,1H3. The largest absolute Gasteiger partial charge is 0.367 e. The molecule has 1 aliphatic heterocycles. The van der Waals surface area contributed by atoms with Gasteiger partial charge in [-0.15, -0.1) is 0 Å². The lowest BCUT2D eigenvalue weighted by molar-refractivity contribution is -0.0350. The van der Waals surface area contributed by atoms with Crippen LogP contribution in [0.25, 0.3) is 0 Å². The molecule has 0 amide bonds. The van der Waals surface area contributed by atoms with Crippen LogP contribution in [0.2, 0.25) is 0 Å². The summed E-state index contributed by atoms with van der Waals surface area (Å²) in [5.74, 6) is 1.47. The van der Waals surface area contributed by atoms with E-state index >= 15 is 0 Å². The van der Waals surface area contributed by atoms with Crippen LogP contribution in [0, 0.1) is 0 Å². The van der Waals surface area contributed by atoms with Crippen molar-refractivity contribution in [3.63, 3.8) is 0 Å². The summed E-state index contributed by atoms with van der Waals surface area (Å²) >= 11 is 0. The third-order valence-corrected chi connectivity index (χ3v) is 3.87. The van der Waals surface area contributed by atoms with Crippen LogP contribution >= 0.6 is 0 Å². The molecule has 0 bridgehead atoms. The maximum atomic E-state index is 5.86. The first-order chi connectivity index (χ1) is 9.76. The monoisotopic (exact) mass is 278 g/mol. The normalized spacial score (nSPS) is 31.0. The molecule has 3 rings (SSSR count).